The fourth-order valence-corrected chi connectivity index (χ4v) is 1.97. The van der Waals surface area contributed by atoms with Gasteiger partial charge in [-0.3, -0.25) is 9.98 Å². The van der Waals surface area contributed by atoms with Crippen LogP contribution in [-0.4, -0.2) is 30.1 Å². The number of allylic oxidation sites excluding steroid dienone is 4. The van der Waals surface area contributed by atoms with E-state index in [9.17, 15) is 5.11 Å². The van der Waals surface area contributed by atoms with Crippen molar-refractivity contribution in [2.45, 2.75) is 13.3 Å². The average molecular weight is 254 g/mol. The Bertz CT molecular complexity index is 580. The number of benzene rings is 1. The summed E-state index contributed by atoms with van der Waals surface area (Å²) in [6.07, 6.45) is 8.54. The summed E-state index contributed by atoms with van der Waals surface area (Å²) in [7, 11) is 1.76. The standard InChI is InChI=1S/C16H18N2O/c1-12-7-8-13(16(19)11-12)9-10-18-15-6-4-3-5-14(15)17-2/h3-8,11,19H,9-10H2,1-2H3/b17-14-,18-15-. The number of phenols is 1. The maximum absolute atomic E-state index is 9.83. The van der Waals surface area contributed by atoms with Gasteiger partial charge in [0.25, 0.3) is 0 Å². The smallest absolute Gasteiger partial charge is 0.119 e. The molecule has 0 unspecified atom stereocenters. The molecule has 1 aliphatic carbocycles. The third kappa shape index (κ3) is 3.41. The van der Waals surface area contributed by atoms with E-state index in [1.165, 1.54) is 0 Å². The molecule has 0 saturated heterocycles. The van der Waals surface area contributed by atoms with Crippen LogP contribution < -0.4 is 0 Å². The zero-order valence-electron chi connectivity index (χ0n) is 11.3. The van der Waals surface area contributed by atoms with Gasteiger partial charge in [0.05, 0.1) is 11.4 Å². The van der Waals surface area contributed by atoms with Crippen molar-refractivity contribution >= 4 is 11.4 Å². The minimum atomic E-state index is 0.351. The van der Waals surface area contributed by atoms with Crippen LogP contribution in [0, 0.1) is 6.92 Å². The van der Waals surface area contributed by atoms with E-state index in [-0.39, 0.29) is 0 Å². The molecule has 19 heavy (non-hydrogen) atoms. The molecule has 0 heterocycles. The second-order valence-electron chi connectivity index (χ2n) is 4.48. The zero-order valence-corrected chi connectivity index (χ0v) is 11.3. The molecule has 0 saturated carbocycles. The van der Waals surface area contributed by atoms with E-state index in [1.54, 1.807) is 13.1 Å². The number of phenolic OH excluding ortho intramolecular Hbond substituents is 1. The molecule has 0 spiro atoms. The maximum Gasteiger partial charge on any atom is 0.119 e. The fourth-order valence-electron chi connectivity index (χ4n) is 1.97. The van der Waals surface area contributed by atoms with Crippen LogP contribution in [0.3, 0.4) is 0 Å². The molecular formula is C16H18N2O. The molecule has 0 bridgehead atoms. The largest absolute Gasteiger partial charge is 0.508 e. The summed E-state index contributed by atoms with van der Waals surface area (Å²) in [5, 5.41) is 9.83. The number of hydrogen-bond acceptors (Lipinski definition) is 3. The normalized spacial score (nSPS) is 18.4. The second kappa shape index (κ2) is 6.14. The molecule has 3 heteroatoms. The van der Waals surface area contributed by atoms with Crippen molar-refractivity contribution in [2.75, 3.05) is 13.6 Å². The van der Waals surface area contributed by atoms with E-state index in [1.807, 2.05) is 43.4 Å². The first kappa shape index (κ1) is 13.3. The van der Waals surface area contributed by atoms with Gasteiger partial charge in [-0.15, -0.1) is 0 Å². The first-order valence-corrected chi connectivity index (χ1v) is 6.35. The Morgan fingerprint density at radius 1 is 1.11 bits per heavy atom. The molecule has 98 valence electrons. The number of hydrogen-bond donors (Lipinski definition) is 1. The molecule has 1 aromatic rings. The Labute approximate surface area is 113 Å². The van der Waals surface area contributed by atoms with Crippen molar-refractivity contribution in [3.63, 3.8) is 0 Å². The van der Waals surface area contributed by atoms with Crippen LogP contribution in [0.5, 0.6) is 5.75 Å². The molecule has 1 aromatic carbocycles. The summed E-state index contributed by atoms with van der Waals surface area (Å²) < 4.78 is 0. The molecular weight excluding hydrogens is 236 g/mol. The Morgan fingerprint density at radius 3 is 2.53 bits per heavy atom. The Kier molecular flexibility index (Phi) is 4.29. The molecule has 0 fully saturated rings. The van der Waals surface area contributed by atoms with Gasteiger partial charge in [0, 0.05) is 13.6 Å². The van der Waals surface area contributed by atoms with Gasteiger partial charge in [-0.2, -0.15) is 0 Å². The SMILES string of the molecule is C/N=C1/C=CC=C/C1=N/CCc1ccc(C)cc1O. The highest BCUT2D eigenvalue weighted by molar-refractivity contribution is 6.51. The number of aryl methyl sites for hydroxylation is 1. The minimum Gasteiger partial charge on any atom is -0.508 e. The summed E-state index contributed by atoms with van der Waals surface area (Å²) in [5.74, 6) is 0.351. The Balaban J connectivity index is 2.03. The average Bonchev–Trinajstić information content (AvgIpc) is 2.42. The van der Waals surface area contributed by atoms with Crippen molar-refractivity contribution in [1.29, 1.82) is 0 Å². The molecule has 1 N–H and O–H groups in total. The Morgan fingerprint density at radius 2 is 1.84 bits per heavy atom. The molecule has 0 aromatic heterocycles. The summed E-state index contributed by atoms with van der Waals surface area (Å²) in [5.41, 5.74) is 3.79. The predicted octanol–water partition coefficient (Wildman–Crippen LogP) is 2.88. The molecule has 0 radical (unpaired) electrons. The van der Waals surface area contributed by atoms with Crippen LogP contribution in [0.15, 0.2) is 52.5 Å². The van der Waals surface area contributed by atoms with E-state index >= 15 is 0 Å². The summed E-state index contributed by atoms with van der Waals surface area (Å²) >= 11 is 0. The van der Waals surface area contributed by atoms with Crippen molar-refractivity contribution in [1.82, 2.24) is 0 Å². The van der Waals surface area contributed by atoms with E-state index in [0.29, 0.717) is 12.3 Å². The van der Waals surface area contributed by atoms with Gasteiger partial charge in [0.1, 0.15) is 5.75 Å². The monoisotopic (exact) mass is 254 g/mol. The lowest BCUT2D eigenvalue weighted by atomic mass is 10.1. The van der Waals surface area contributed by atoms with Crippen LogP contribution in [0.2, 0.25) is 0 Å². The van der Waals surface area contributed by atoms with Crippen LogP contribution >= 0.6 is 0 Å². The van der Waals surface area contributed by atoms with Crippen LogP contribution in [0.4, 0.5) is 0 Å². The van der Waals surface area contributed by atoms with Crippen molar-refractivity contribution < 1.29 is 5.11 Å². The van der Waals surface area contributed by atoms with Crippen LogP contribution in [-0.2, 0) is 6.42 Å². The number of aromatic hydroxyl groups is 1. The summed E-state index contributed by atoms with van der Waals surface area (Å²) in [4.78, 5) is 8.71. The lowest BCUT2D eigenvalue weighted by Gasteiger charge is -2.06. The predicted molar refractivity (Wildman–Crippen MR) is 80.5 cm³/mol. The van der Waals surface area contributed by atoms with Gasteiger partial charge in [-0.05, 0) is 42.7 Å². The summed E-state index contributed by atoms with van der Waals surface area (Å²) in [6, 6.07) is 5.74. The molecule has 3 nitrogen and oxygen atoms in total. The van der Waals surface area contributed by atoms with Crippen molar-refractivity contribution in [3.05, 3.63) is 53.6 Å². The number of nitrogens with zero attached hydrogens (tertiary/aromatic N) is 2. The highest BCUT2D eigenvalue weighted by Gasteiger charge is 2.05. The molecule has 0 atom stereocenters. The number of rotatable bonds is 3. The van der Waals surface area contributed by atoms with Crippen LogP contribution in [0.25, 0.3) is 0 Å². The van der Waals surface area contributed by atoms with E-state index in [2.05, 4.69) is 9.98 Å². The molecule has 2 rings (SSSR count). The highest BCUT2D eigenvalue weighted by Crippen LogP contribution is 2.18. The van der Waals surface area contributed by atoms with Gasteiger partial charge in [-0.25, -0.2) is 0 Å². The van der Waals surface area contributed by atoms with Gasteiger partial charge < -0.3 is 5.11 Å². The topological polar surface area (TPSA) is 45.0 Å². The quantitative estimate of drug-likeness (QED) is 0.828. The van der Waals surface area contributed by atoms with Gasteiger partial charge in [0.15, 0.2) is 0 Å². The molecule has 1 aliphatic rings. The van der Waals surface area contributed by atoms with E-state index in [0.717, 1.165) is 29.0 Å². The molecule has 0 amide bonds. The first-order chi connectivity index (χ1) is 9.20. The van der Waals surface area contributed by atoms with Gasteiger partial charge in [0.2, 0.25) is 0 Å². The lowest BCUT2D eigenvalue weighted by Crippen LogP contribution is -2.12. The van der Waals surface area contributed by atoms with E-state index in [4.69, 9.17) is 0 Å². The third-order valence-corrected chi connectivity index (χ3v) is 3.03. The fraction of sp³-hybridized carbons (Fsp3) is 0.250. The minimum absolute atomic E-state index is 0.351. The summed E-state index contributed by atoms with van der Waals surface area (Å²) in [6.45, 7) is 2.61. The number of aliphatic imine (C=N–C) groups is 2. The van der Waals surface area contributed by atoms with Gasteiger partial charge in [-0.1, -0.05) is 24.3 Å². The van der Waals surface area contributed by atoms with Crippen molar-refractivity contribution in [3.8, 4) is 5.75 Å². The van der Waals surface area contributed by atoms with Gasteiger partial charge >= 0.3 is 0 Å². The first-order valence-electron chi connectivity index (χ1n) is 6.35. The Hall–Kier alpha value is -2.16. The maximum atomic E-state index is 9.83. The second-order valence-corrected chi connectivity index (χ2v) is 4.48. The third-order valence-electron chi connectivity index (χ3n) is 3.03. The molecule has 0 aliphatic heterocycles. The van der Waals surface area contributed by atoms with Crippen LogP contribution in [0.1, 0.15) is 11.1 Å². The zero-order chi connectivity index (χ0) is 13.7. The van der Waals surface area contributed by atoms with E-state index < -0.39 is 0 Å². The van der Waals surface area contributed by atoms with Crippen molar-refractivity contribution in [2.24, 2.45) is 9.98 Å². The highest BCUT2D eigenvalue weighted by atomic mass is 16.3. The lowest BCUT2D eigenvalue weighted by molar-refractivity contribution is 0.468.